The van der Waals surface area contributed by atoms with Crippen LogP contribution in [-0.4, -0.2) is 23.9 Å². The number of benzene rings is 1. The van der Waals surface area contributed by atoms with E-state index in [1.807, 2.05) is 0 Å². The zero-order valence-electron chi connectivity index (χ0n) is 9.28. The van der Waals surface area contributed by atoms with Crippen molar-refractivity contribution in [1.82, 2.24) is 10.3 Å². The second-order valence-electron chi connectivity index (χ2n) is 4.11. The second kappa shape index (κ2) is 5.09. The summed E-state index contributed by atoms with van der Waals surface area (Å²) in [4.78, 5) is 13.3. The fourth-order valence-corrected chi connectivity index (χ4v) is 2.08. The van der Waals surface area contributed by atoms with Gasteiger partial charge in [-0.15, -0.1) is 0 Å². The molecule has 0 atom stereocenters. The standard InChI is InChI=1S/C12H17N3O/c13-14-12(16)6-8-15-7-5-10-3-1-2-4-11(10)9-15/h1-4H,5-9,13H2,(H,14,16). The lowest BCUT2D eigenvalue weighted by Gasteiger charge is -2.28. The van der Waals surface area contributed by atoms with Crippen LogP contribution >= 0.6 is 0 Å². The van der Waals surface area contributed by atoms with Gasteiger partial charge in [-0.2, -0.15) is 0 Å². The lowest BCUT2D eigenvalue weighted by atomic mass is 10.00. The number of rotatable bonds is 3. The lowest BCUT2D eigenvalue weighted by Crippen LogP contribution is -2.36. The van der Waals surface area contributed by atoms with Crippen molar-refractivity contribution in [2.24, 2.45) is 5.84 Å². The van der Waals surface area contributed by atoms with Crippen molar-refractivity contribution < 1.29 is 4.79 Å². The summed E-state index contributed by atoms with van der Waals surface area (Å²) in [7, 11) is 0. The van der Waals surface area contributed by atoms with Crippen molar-refractivity contribution in [3.8, 4) is 0 Å². The monoisotopic (exact) mass is 219 g/mol. The Labute approximate surface area is 95.4 Å². The van der Waals surface area contributed by atoms with Gasteiger partial charge in [0.2, 0.25) is 5.91 Å². The largest absolute Gasteiger partial charge is 0.298 e. The molecule has 0 bridgehead atoms. The number of fused-ring (bicyclic) bond motifs is 1. The van der Waals surface area contributed by atoms with Gasteiger partial charge in [-0.3, -0.25) is 15.1 Å². The Morgan fingerprint density at radius 1 is 1.38 bits per heavy atom. The number of amides is 1. The average molecular weight is 219 g/mol. The Bertz CT molecular complexity index is 378. The number of nitrogens with two attached hydrogens (primary N) is 1. The molecule has 16 heavy (non-hydrogen) atoms. The topological polar surface area (TPSA) is 58.4 Å². The molecule has 0 aliphatic carbocycles. The van der Waals surface area contributed by atoms with E-state index in [9.17, 15) is 4.79 Å². The van der Waals surface area contributed by atoms with Crippen LogP contribution in [0.2, 0.25) is 0 Å². The van der Waals surface area contributed by atoms with Gasteiger partial charge in [0.25, 0.3) is 0 Å². The van der Waals surface area contributed by atoms with E-state index in [2.05, 4.69) is 34.6 Å². The fourth-order valence-electron chi connectivity index (χ4n) is 2.08. The highest BCUT2D eigenvalue weighted by atomic mass is 16.2. The van der Waals surface area contributed by atoms with E-state index in [0.717, 1.165) is 26.1 Å². The molecule has 0 saturated heterocycles. The molecule has 1 aliphatic heterocycles. The van der Waals surface area contributed by atoms with Crippen LogP contribution < -0.4 is 11.3 Å². The van der Waals surface area contributed by atoms with Gasteiger partial charge in [0.1, 0.15) is 0 Å². The summed E-state index contributed by atoms with van der Waals surface area (Å²) in [6.45, 7) is 2.74. The Hall–Kier alpha value is -1.39. The number of carbonyl (C=O) groups is 1. The van der Waals surface area contributed by atoms with E-state index < -0.39 is 0 Å². The zero-order chi connectivity index (χ0) is 11.4. The van der Waals surface area contributed by atoms with Crippen LogP contribution in [0, 0.1) is 0 Å². The minimum absolute atomic E-state index is 0.0983. The van der Waals surface area contributed by atoms with E-state index >= 15 is 0 Å². The first-order valence-electron chi connectivity index (χ1n) is 5.58. The van der Waals surface area contributed by atoms with Crippen LogP contribution in [0.15, 0.2) is 24.3 Å². The molecule has 0 spiro atoms. The number of hydrogen-bond acceptors (Lipinski definition) is 3. The van der Waals surface area contributed by atoms with Crippen molar-refractivity contribution >= 4 is 5.91 Å². The van der Waals surface area contributed by atoms with Crippen LogP contribution in [-0.2, 0) is 17.8 Å². The normalized spacial score (nSPS) is 15.6. The molecular weight excluding hydrogens is 202 g/mol. The zero-order valence-corrected chi connectivity index (χ0v) is 9.28. The highest BCUT2D eigenvalue weighted by Gasteiger charge is 2.15. The molecule has 1 heterocycles. The molecule has 0 fully saturated rings. The lowest BCUT2D eigenvalue weighted by molar-refractivity contribution is -0.121. The average Bonchev–Trinajstić information content (AvgIpc) is 2.35. The van der Waals surface area contributed by atoms with E-state index in [4.69, 9.17) is 5.84 Å². The van der Waals surface area contributed by atoms with Gasteiger partial charge in [0.05, 0.1) is 0 Å². The molecule has 2 rings (SSSR count). The third-order valence-corrected chi connectivity index (χ3v) is 3.03. The smallest absolute Gasteiger partial charge is 0.235 e. The third-order valence-electron chi connectivity index (χ3n) is 3.03. The summed E-state index contributed by atoms with van der Waals surface area (Å²) in [5.74, 6) is 4.95. The van der Waals surface area contributed by atoms with Crippen LogP contribution in [0.25, 0.3) is 0 Å². The first-order chi connectivity index (χ1) is 7.79. The number of hydrogen-bond donors (Lipinski definition) is 2. The van der Waals surface area contributed by atoms with Crippen LogP contribution in [0.3, 0.4) is 0 Å². The minimum atomic E-state index is -0.0983. The number of nitrogens with zero attached hydrogens (tertiary/aromatic N) is 1. The van der Waals surface area contributed by atoms with Gasteiger partial charge in [0, 0.05) is 26.1 Å². The van der Waals surface area contributed by atoms with Gasteiger partial charge >= 0.3 is 0 Å². The molecule has 0 aromatic heterocycles. The maximum absolute atomic E-state index is 11.0. The first kappa shape index (κ1) is 11.1. The number of hydrazine groups is 1. The molecule has 4 nitrogen and oxygen atoms in total. The van der Waals surface area contributed by atoms with Crippen LogP contribution in [0.1, 0.15) is 17.5 Å². The van der Waals surface area contributed by atoms with Gasteiger partial charge in [-0.25, -0.2) is 5.84 Å². The Morgan fingerprint density at radius 2 is 2.12 bits per heavy atom. The molecule has 0 saturated carbocycles. The highest BCUT2D eigenvalue weighted by Crippen LogP contribution is 2.18. The second-order valence-corrected chi connectivity index (χ2v) is 4.11. The molecule has 1 amide bonds. The van der Waals surface area contributed by atoms with Crippen LogP contribution in [0.4, 0.5) is 0 Å². The summed E-state index contributed by atoms with van der Waals surface area (Å²) in [5, 5.41) is 0. The maximum Gasteiger partial charge on any atom is 0.235 e. The molecular formula is C12H17N3O. The summed E-state index contributed by atoms with van der Waals surface area (Å²) in [5.41, 5.74) is 4.97. The van der Waals surface area contributed by atoms with E-state index in [0.29, 0.717) is 6.42 Å². The Kier molecular flexibility index (Phi) is 3.54. The molecule has 1 aliphatic rings. The molecule has 86 valence electrons. The number of carbonyl (C=O) groups excluding carboxylic acids is 1. The minimum Gasteiger partial charge on any atom is -0.298 e. The first-order valence-corrected chi connectivity index (χ1v) is 5.58. The van der Waals surface area contributed by atoms with E-state index in [1.165, 1.54) is 11.1 Å². The molecule has 0 radical (unpaired) electrons. The third kappa shape index (κ3) is 2.59. The Balaban J connectivity index is 1.90. The predicted molar refractivity (Wildman–Crippen MR) is 62.4 cm³/mol. The summed E-state index contributed by atoms with van der Waals surface area (Å²) >= 11 is 0. The molecule has 1 aromatic rings. The van der Waals surface area contributed by atoms with Crippen molar-refractivity contribution in [2.45, 2.75) is 19.4 Å². The van der Waals surface area contributed by atoms with E-state index in [-0.39, 0.29) is 5.91 Å². The van der Waals surface area contributed by atoms with Crippen molar-refractivity contribution in [2.75, 3.05) is 13.1 Å². The fraction of sp³-hybridized carbons (Fsp3) is 0.417. The molecule has 3 N–H and O–H groups in total. The summed E-state index contributed by atoms with van der Waals surface area (Å²) < 4.78 is 0. The molecule has 0 unspecified atom stereocenters. The van der Waals surface area contributed by atoms with Crippen molar-refractivity contribution in [1.29, 1.82) is 0 Å². The SMILES string of the molecule is NNC(=O)CCN1CCc2ccccc2C1. The van der Waals surface area contributed by atoms with Gasteiger partial charge in [0.15, 0.2) is 0 Å². The highest BCUT2D eigenvalue weighted by molar-refractivity contribution is 5.75. The van der Waals surface area contributed by atoms with Gasteiger partial charge in [-0.05, 0) is 17.5 Å². The maximum atomic E-state index is 11.0. The summed E-state index contributed by atoms with van der Waals surface area (Å²) in [6, 6.07) is 8.48. The van der Waals surface area contributed by atoms with Crippen LogP contribution in [0.5, 0.6) is 0 Å². The predicted octanol–water partition coefficient (Wildman–Crippen LogP) is 0.425. The number of nitrogens with one attached hydrogen (secondary N) is 1. The van der Waals surface area contributed by atoms with Crippen molar-refractivity contribution in [3.63, 3.8) is 0 Å². The Morgan fingerprint density at radius 3 is 2.88 bits per heavy atom. The molecule has 1 aromatic carbocycles. The quantitative estimate of drug-likeness (QED) is 0.440. The molecule has 4 heteroatoms. The summed E-state index contributed by atoms with van der Waals surface area (Å²) in [6.07, 6.45) is 1.54. The van der Waals surface area contributed by atoms with E-state index in [1.54, 1.807) is 0 Å². The van der Waals surface area contributed by atoms with Crippen molar-refractivity contribution in [3.05, 3.63) is 35.4 Å². The van der Waals surface area contributed by atoms with Gasteiger partial charge in [-0.1, -0.05) is 24.3 Å². The van der Waals surface area contributed by atoms with Gasteiger partial charge < -0.3 is 0 Å².